The maximum atomic E-state index is 11.4. The molecule has 0 radical (unpaired) electrons. The van der Waals surface area contributed by atoms with Crippen molar-refractivity contribution in [2.24, 2.45) is 5.92 Å². The van der Waals surface area contributed by atoms with Crippen LogP contribution in [0.4, 0.5) is 0 Å². The molecule has 1 aliphatic carbocycles. The lowest BCUT2D eigenvalue weighted by Crippen LogP contribution is -2.10. The molecule has 15 heavy (non-hydrogen) atoms. The van der Waals surface area contributed by atoms with Crippen LogP contribution < -0.4 is 4.74 Å². The zero-order chi connectivity index (χ0) is 10.3. The van der Waals surface area contributed by atoms with Gasteiger partial charge >= 0.3 is 12.0 Å². The number of nitrogens with one attached hydrogen (secondary N) is 1. The highest BCUT2D eigenvalue weighted by molar-refractivity contribution is 5.79. The van der Waals surface area contributed by atoms with Crippen molar-refractivity contribution in [2.45, 2.75) is 12.8 Å². The number of fused-ring (bicyclic) bond motifs is 1. The maximum Gasteiger partial charge on any atom is 0.316 e. The molecule has 0 unspecified atom stereocenters. The topological polar surface area (TPSA) is 55.0 Å². The highest BCUT2D eigenvalue weighted by Crippen LogP contribution is 2.30. The second-order valence-electron chi connectivity index (χ2n) is 3.75. The summed E-state index contributed by atoms with van der Waals surface area (Å²) in [5.74, 6) is -0.0766. The number of carbonyl (C=O) groups excluding carboxylic acids is 1. The molecule has 3 rings (SSSR count). The summed E-state index contributed by atoms with van der Waals surface area (Å²) in [6.45, 7) is 0. The van der Waals surface area contributed by atoms with Crippen LogP contribution in [0.5, 0.6) is 6.01 Å². The van der Waals surface area contributed by atoms with Crippen LogP contribution in [0, 0.1) is 5.92 Å². The molecule has 0 bridgehead atoms. The van der Waals surface area contributed by atoms with E-state index in [1.807, 2.05) is 24.3 Å². The van der Waals surface area contributed by atoms with Gasteiger partial charge in [-0.3, -0.25) is 4.79 Å². The van der Waals surface area contributed by atoms with Crippen molar-refractivity contribution in [3.63, 3.8) is 0 Å². The number of esters is 1. The lowest BCUT2D eigenvalue weighted by Gasteiger charge is -1.96. The fourth-order valence-corrected chi connectivity index (χ4v) is 1.48. The summed E-state index contributed by atoms with van der Waals surface area (Å²) in [6, 6.07) is 7.88. The summed E-state index contributed by atoms with van der Waals surface area (Å²) in [5.41, 5.74) is 1.70. The molecule has 1 fully saturated rings. The third-order valence-electron chi connectivity index (χ3n) is 2.48. The number of H-pyrrole nitrogens is 1. The number of carbonyl (C=O) groups is 1. The Morgan fingerprint density at radius 1 is 1.40 bits per heavy atom. The molecule has 0 saturated heterocycles. The summed E-state index contributed by atoms with van der Waals surface area (Å²) in [5, 5.41) is 0. The molecule has 1 heterocycles. The Morgan fingerprint density at radius 2 is 2.20 bits per heavy atom. The standard InChI is InChI=1S/C11H10N2O2/c14-10(7-5-6-7)15-11-12-8-3-1-2-4-9(8)13-11/h1-4,7H,5-6H2,(H,12,13). The number of benzene rings is 1. The minimum Gasteiger partial charge on any atom is -0.392 e. The van der Waals surface area contributed by atoms with Gasteiger partial charge in [-0.25, -0.2) is 0 Å². The Labute approximate surface area is 86.3 Å². The molecule has 1 aromatic heterocycles. The number of rotatable bonds is 2. The fourth-order valence-electron chi connectivity index (χ4n) is 1.48. The number of imidazole rings is 1. The first-order chi connectivity index (χ1) is 7.33. The molecule has 1 aliphatic rings. The van der Waals surface area contributed by atoms with Crippen molar-refractivity contribution in [3.05, 3.63) is 24.3 Å². The second-order valence-corrected chi connectivity index (χ2v) is 3.75. The van der Waals surface area contributed by atoms with E-state index in [9.17, 15) is 4.79 Å². The zero-order valence-electron chi connectivity index (χ0n) is 8.06. The Balaban J connectivity index is 1.87. The number of para-hydroxylation sites is 2. The van der Waals surface area contributed by atoms with Crippen molar-refractivity contribution < 1.29 is 9.53 Å². The molecule has 1 saturated carbocycles. The van der Waals surface area contributed by atoms with Gasteiger partial charge in [0, 0.05) is 0 Å². The summed E-state index contributed by atoms with van der Waals surface area (Å²) < 4.78 is 5.12. The first-order valence-electron chi connectivity index (χ1n) is 4.99. The van der Waals surface area contributed by atoms with Gasteiger partial charge in [-0.05, 0) is 25.0 Å². The van der Waals surface area contributed by atoms with Crippen LogP contribution in [0.25, 0.3) is 11.0 Å². The Morgan fingerprint density at radius 3 is 2.93 bits per heavy atom. The van der Waals surface area contributed by atoms with Crippen molar-refractivity contribution in [2.75, 3.05) is 0 Å². The van der Waals surface area contributed by atoms with Crippen molar-refractivity contribution in [1.82, 2.24) is 9.97 Å². The highest BCUT2D eigenvalue weighted by atomic mass is 16.5. The van der Waals surface area contributed by atoms with Crippen LogP contribution in [0.15, 0.2) is 24.3 Å². The molecule has 0 spiro atoms. The van der Waals surface area contributed by atoms with Crippen LogP contribution in [-0.2, 0) is 4.79 Å². The number of hydrogen-bond donors (Lipinski definition) is 1. The van der Waals surface area contributed by atoms with Gasteiger partial charge in [-0.1, -0.05) is 12.1 Å². The molecular weight excluding hydrogens is 192 g/mol. The van der Waals surface area contributed by atoms with Crippen molar-refractivity contribution in [1.29, 1.82) is 0 Å². The minimum absolute atomic E-state index is 0.0956. The van der Waals surface area contributed by atoms with Gasteiger partial charge in [0.15, 0.2) is 0 Å². The van der Waals surface area contributed by atoms with E-state index >= 15 is 0 Å². The smallest absolute Gasteiger partial charge is 0.316 e. The SMILES string of the molecule is O=C(Oc1nc2ccccc2[nH]1)C1CC1. The number of nitrogens with zero attached hydrogens (tertiary/aromatic N) is 1. The predicted molar refractivity (Wildman–Crippen MR) is 54.5 cm³/mol. The average Bonchev–Trinajstić information content (AvgIpc) is 2.99. The molecular formula is C11H10N2O2. The van der Waals surface area contributed by atoms with E-state index in [-0.39, 0.29) is 11.9 Å². The zero-order valence-corrected chi connectivity index (χ0v) is 8.06. The van der Waals surface area contributed by atoms with Gasteiger partial charge in [0.1, 0.15) is 0 Å². The van der Waals surface area contributed by atoms with Crippen LogP contribution >= 0.6 is 0 Å². The first-order valence-corrected chi connectivity index (χ1v) is 4.99. The quantitative estimate of drug-likeness (QED) is 0.756. The van der Waals surface area contributed by atoms with Gasteiger partial charge in [-0.2, -0.15) is 4.98 Å². The van der Waals surface area contributed by atoms with Crippen LogP contribution in [0.1, 0.15) is 12.8 Å². The van der Waals surface area contributed by atoms with Gasteiger partial charge < -0.3 is 9.72 Å². The summed E-state index contributed by atoms with van der Waals surface area (Å²) in [6.07, 6.45) is 1.89. The summed E-state index contributed by atoms with van der Waals surface area (Å²) in [4.78, 5) is 18.5. The number of aromatic amines is 1. The molecule has 76 valence electrons. The molecule has 1 N–H and O–H groups in total. The van der Waals surface area contributed by atoms with E-state index in [1.165, 1.54) is 0 Å². The van der Waals surface area contributed by atoms with Crippen molar-refractivity contribution in [3.8, 4) is 6.01 Å². The van der Waals surface area contributed by atoms with E-state index in [1.54, 1.807) is 0 Å². The number of hydrogen-bond acceptors (Lipinski definition) is 3. The van der Waals surface area contributed by atoms with Crippen LogP contribution in [0.2, 0.25) is 0 Å². The van der Waals surface area contributed by atoms with E-state index in [0.717, 1.165) is 23.9 Å². The lowest BCUT2D eigenvalue weighted by molar-refractivity contribution is -0.136. The predicted octanol–water partition coefficient (Wildman–Crippen LogP) is 1.88. The van der Waals surface area contributed by atoms with Gasteiger partial charge in [0.25, 0.3) is 0 Å². The van der Waals surface area contributed by atoms with Gasteiger partial charge in [-0.15, -0.1) is 0 Å². The molecule has 1 aromatic carbocycles. The Hall–Kier alpha value is -1.84. The molecule has 0 atom stereocenters. The molecule has 2 aromatic rings. The molecule has 4 nitrogen and oxygen atoms in total. The van der Waals surface area contributed by atoms with E-state index < -0.39 is 0 Å². The molecule has 0 aliphatic heterocycles. The summed E-state index contributed by atoms with van der Waals surface area (Å²) >= 11 is 0. The Kier molecular flexibility index (Phi) is 1.74. The van der Waals surface area contributed by atoms with Gasteiger partial charge in [0.2, 0.25) is 0 Å². The average molecular weight is 202 g/mol. The van der Waals surface area contributed by atoms with Crippen molar-refractivity contribution >= 4 is 17.0 Å². The lowest BCUT2D eigenvalue weighted by atomic mass is 10.3. The van der Waals surface area contributed by atoms with E-state index in [2.05, 4.69) is 9.97 Å². The van der Waals surface area contributed by atoms with Gasteiger partial charge in [0.05, 0.1) is 17.0 Å². The monoisotopic (exact) mass is 202 g/mol. The first kappa shape index (κ1) is 8.47. The van der Waals surface area contributed by atoms with Crippen LogP contribution in [0.3, 0.4) is 0 Å². The molecule has 4 heteroatoms. The maximum absolute atomic E-state index is 11.4. The Bertz CT molecular complexity index is 481. The van der Waals surface area contributed by atoms with Crippen LogP contribution in [-0.4, -0.2) is 15.9 Å². The third kappa shape index (κ3) is 1.58. The van der Waals surface area contributed by atoms with E-state index in [4.69, 9.17) is 4.74 Å². The largest absolute Gasteiger partial charge is 0.392 e. The number of aromatic nitrogens is 2. The highest BCUT2D eigenvalue weighted by Gasteiger charge is 2.32. The number of ether oxygens (including phenoxy) is 1. The molecule has 0 amide bonds. The second kappa shape index (κ2) is 3.08. The van der Waals surface area contributed by atoms with E-state index in [0.29, 0.717) is 6.01 Å². The normalized spacial score (nSPS) is 15.5. The minimum atomic E-state index is -0.172. The third-order valence-corrected chi connectivity index (χ3v) is 2.48. The fraction of sp³-hybridized carbons (Fsp3) is 0.273. The summed E-state index contributed by atoms with van der Waals surface area (Å²) in [7, 11) is 0.